The molecule has 0 radical (unpaired) electrons. The molecule has 0 bridgehead atoms. The van der Waals surface area contributed by atoms with Crippen LogP contribution in [0.4, 0.5) is 0 Å². The topological polar surface area (TPSA) is 74.1 Å². The molecular formula is C20H19N3O3. The molecule has 0 atom stereocenters. The Morgan fingerprint density at radius 2 is 1.88 bits per heavy atom. The number of Topliss-reactive ketones (excluding diaryl/α,β-unsaturated/α-hetero) is 1. The Balaban J connectivity index is 1.67. The minimum absolute atomic E-state index is 0.240. The molecule has 2 heterocycles. The van der Waals surface area contributed by atoms with E-state index in [0.29, 0.717) is 22.6 Å². The van der Waals surface area contributed by atoms with Crippen LogP contribution in [0.5, 0.6) is 0 Å². The Hall–Kier alpha value is -3.28. The summed E-state index contributed by atoms with van der Waals surface area (Å²) in [5.74, 6) is -0.213. The van der Waals surface area contributed by atoms with Crippen molar-refractivity contribution in [3.8, 4) is 5.82 Å². The van der Waals surface area contributed by atoms with Crippen LogP contribution in [0.3, 0.4) is 0 Å². The van der Waals surface area contributed by atoms with Crippen molar-refractivity contribution in [2.24, 2.45) is 0 Å². The van der Waals surface area contributed by atoms with Crippen molar-refractivity contribution >= 4 is 11.8 Å². The SMILES string of the molecule is CCc1ccc(C(=O)COC(=O)c2cnn(-c3ccccn3)c2C)cc1. The monoisotopic (exact) mass is 349 g/mol. The molecule has 0 saturated carbocycles. The van der Waals surface area contributed by atoms with Crippen LogP contribution in [-0.2, 0) is 11.2 Å². The number of ether oxygens (including phenoxy) is 1. The normalized spacial score (nSPS) is 10.5. The predicted molar refractivity (Wildman–Crippen MR) is 96.5 cm³/mol. The van der Waals surface area contributed by atoms with Gasteiger partial charge in [-0.15, -0.1) is 0 Å². The maximum absolute atomic E-state index is 12.3. The minimum atomic E-state index is -0.580. The zero-order chi connectivity index (χ0) is 18.5. The molecule has 132 valence electrons. The van der Waals surface area contributed by atoms with Crippen LogP contribution in [-0.4, -0.2) is 33.1 Å². The molecule has 0 aliphatic rings. The minimum Gasteiger partial charge on any atom is -0.454 e. The molecule has 26 heavy (non-hydrogen) atoms. The first-order valence-corrected chi connectivity index (χ1v) is 8.35. The summed E-state index contributed by atoms with van der Waals surface area (Å²) in [6.45, 7) is 3.49. The van der Waals surface area contributed by atoms with Gasteiger partial charge in [-0.3, -0.25) is 4.79 Å². The number of carbonyl (C=O) groups excluding carboxylic acids is 2. The molecular weight excluding hydrogens is 330 g/mol. The molecule has 0 saturated heterocycles. The molecule has 0 spiro atoms. The predicted octanol–water partition coefficient (Wildman–Crippen LogP) is 3.18. The molecule has 0 fully saturated rings. The van der Waals surface area contributed by atoms with Gasteiger partial charge in [0.1, 0.15) is 5.56 Å². The van der Waals surface area contributed by atoms with E-state index in [-0.39, 0.29) is 12.4 Å². The molecule has 3 rings (SSSR count). The molecule has 1 aromatic carbocycles. The molecule has 0 aliphatic heterocycles. The second kappa shape index (κ2) is 7.74. The number of nitrogens with zero attached hydrogens (tertiary/aromatic N) is 3. The molecule has 0 aliphatic carbocycles. The number of aromatic nitrogens is 3. The van der Waals surface area contributed by atoms with Gasteiger partial charge in [0.2, 0.25) is 0 Å². The average molecular weight is 349 g/mol. The van der Waals surface area contributed by atoms with Gasteiger partial charge in [-0.1, -0.05) is 37.3 Å². The van der Waals surface area contributed by atoms with Crippen LogP contribution in [0.2, 0.25) is 0 Å². The van der Waals surface area contributed by atoms with Crippen LogP contribution < -0.4 is 0 Å². The van der Waals surface area contributed by atoms with Crippen molar-refractivity contribution in [1.82, 2.24) is 14.8 Å². The largest absolute Gasteiger partial charge is 0.454 e. The van der Waals surface area contributed by atoms with Crippen LogP contribution in [0.15, 0.2) is 54.9 Å². The maximum Gasteiger partial charge on any atom is 0.342 e. The quantitative estimate of drug-likeness (QED) is 0.505. The highest BCUT2D eigenvalue weighted by Crippen LogP contribution is 2.14. The number of esters is 1. The first-order valence-electron chi connectivity index (χ1n) is 8.35. The fraction of sp³-hybridized carbons (Fsp3) is 0.200. The van der Waals surface area contributed by atoms with Crippen LogP contribution >= 0.6 is 0 Å². The molecule has 0 amide bonds. The lowest BCUT2D eigenvalue weighted by Gasteiger charge is -2.06. The third-order valence-electron chi connectivity index (χ3n) is 4.11. The highest BCUT2D eigenvalue weighted by Gasteiger charge is 2.18. The average Bonchev–Trinajstić information content (AvgIpc) is 3.08. The standard InChI is InChI=1S/C20H19N3O3/c1-3-15-7-9-16(10-8-15)18(24)13-26-20(25)17-12-22-23(14(17)2)19-6-4-5-11-21-19/h4-12H,3,13H2,1-2H3. The smallest absolute Gasteiger partial charge is 0.342 e. The lowest BCUT2D eigenvalue weighted by molar-refractivity contribution is 0.0474. The summed E-state index contributed by atoms with van der Waals surface area (Å²) in [6.07, 6.45) is 3.98. The van der Waals surface area contributed by atoms with Crippen molar-refractivity contribution in [2.75, 3.05) is 6.61 Å². The Morgan fingerprint density at radius 1 is 1.12 bits per heavy atom. The third kappa shape index (κ3) is 3.69. The van der Waals surface area contributed by atoms with Gasteiger partial charge in [0.05, 0.1) is 11.9 Å². The van der Waals surface area contributed by atoms with Crippen molar-refractivity contribution in [2.45, 2.75) is 20.3 Å². The number of hydrogen-bond acceptors (Lipinski definition) is 5. The van der Waals surface area contributed by atoms with Gasteiger partial charge in [0, 0.05) is 11.8 Å². The first-order chi connectivity index (χ1) is 12.6. The van der Waals surface area contributed by atoms with E-state index in [9.17, 15) is 9.59 Å². The van der Waals surface area contributed by atoms with E-state index in [4.69, 9.17) is 4.74 Å². The van der Waals surface area contributed by atoms with Gasteiger partial charge in [-0.2, -0.15) is 5.10 Å². The Kier molecular flexibility index (Phi) is 5.22. The van der Waals surface area contributed by atoms with Crippen LogP contribution in [0, 0.1) is 6.92 Å². The number of rotatable bonds is 6. The van der Waals surface area contributed by atoms with Gasteiger partial charge < -0.3 is 4.74 Å². The molecule has 0 unspecified atom stereocenters. The lowest BCUT2D eigenvalue weighted by atomic mass is 10.1. The molecule has 6 heteroatoms. The van der Waals surface area contributed by atoms with E-state index in [0.717, 1.165) is 12.0 Å². The van der Waals surface area contributed by atoms with E-state index in [2.05, 4.69) is 10.1 Å². The zero-order valence-electron chi connectivity index (χ0n) is 14.7. The van der Waals surface area contributed by atoms with Crippen molar-refractivity contribution in [1.29, 1.82) is 0 Å². The molecule has 2 aromatic heterocycles. The number of pyridine rings is 1. The summed E-state index contributed by atoms with van der Waals surface area (Å²) >= 11 is 0. The van der Waals surface area contributed by atoms with Gasteiger partial charge in [-0.25, -0.2) is 14.5 Å². The summed E-state index contributed by atoms with van der Waals surface area (Å²) < 4.78 is 6.73. The fourth-order valence-electron chi connectivity index (χ4n) is 2.54. The zero-order valence-corrected chi connectivity index (χ0v) is 14.7. The summed E-state index contributed by atoms with van der Waals surface area (Å²) in [4.78, 5) is 28.7. The summed E-state index contributed by atoms with van der Waals surface area (Å²) in [5, 5.41) is 4.18. The van der Waals surface area contributed by atoms with Gasteiger partial charge in [0.25, 0.3) is 0 Å². The first kappa shape index (κ1) is 17.5. The highest BCUT2D eigenvalue weighted by atomic mass is 16.5. The van der Waals surface area contributed by atoms with Crippen molar-refractivity contribution in [3.63, 3.8) is 0 Å². The Labute approximate surface area is 151 Å². The summed E-state index contributed by atoms with van der Waals surface area (Å²) in [5.41, 5.74) is 2.59. The van der Waals surface area contributed by atoms with Crippen LogP contribution in [0.25, 0.3) is 5.82 Å². The van der Waals surface area contributed by atoms with Crippen molar-refractivity contribution < 1.29 is 14.3 Å². The summed E-state index contributed by atoms with van der Waals surface area (Å²) in [7, 11) is 0. The number of carbonyl (C=O) groups is 2. The second-order valence-corrected chi connectivity index (χ2v) is 5.79. The number of ketones is 1. The van der Waals surface area contributed by atoms with E-state index in [1.807, 2.05) is 25.1 Å². The summed E-state index contributed by atoms with van der Waals surface area (Å²) in [6, 6.07) is 12.7. The van der Waals surface area contributed by atoms with Crippen LogP contribution in [0.1, 0.15) is 38.9 Å². The number of hydrogen-bond donors (Lipinski definition) is 0. The number of benzene rings is 1. The highest BCUT2D eigenvalue weighted by molar-refractivity contribution is 5.99. The molecule has 0 N–H and O–H groups in total. The second-order valence-electron chi connectivity index (χ2n) is 5.79. The Bertz CT molecular complexity index is 915. The third-order valence-corrected chi connectivity index (χ3v) is 4.11. The van der Waals surface area contributed by atoms with E-state index in [1.54, 1.807) is 42.1 Å². The van der Waals surface area contributed by atoms with Gasteiger partial charge in [-0.05, 0) is 31.0 Å². The Morgan fingerprint density at radius 3 is 2.54 bits per heavy atom. The van der Waals surface area contributed by atoms with Gasteiger partial charge in [0.15, 0.2) is 18.2 Å². The van der Waals surface area contributed by atoms with E-state index in [1.165, 1.54) is 6.20 Å². The van der Waals surface area contributed by atoms with E-state index < -0.39 is 5.97 Å². The van der Waals surface area contributed by atoms with E-state index >= 15 is 0 Å². The maximum atomic E-state index is 12.3. The number of aryl methyl sites for hydroxylation is 1. The molecule has 3 aromatic rings. The lowest BCUT2D eigenvalue weighted by Crippen LogP contribution is -2.15. The van der Waals surface area contributed by atoms with Crippen molar-refractivity contribution in [3.05, 3.63) is 77.2 Å². The fourth-order valence-corrected chi connectivity index (χ4v) is 2.54. The van der Waals surface area contributed by atoms with Gasteiger partial charge >= 0.3 is 5.97 Å². The molecule has 6 nitrogen and oxygen atoms in total.